The van der Waals surface area contributed by atoms with Gasteiger partial charge < -0.3 is 5.32 Å². The highest BCUT2D eigenvalue weighted by molar-refractivity contribution is 5.28. The summed E-state index contributed by atoms with van der Waals surface area (Å²) in [6, 6.07) is 22.0. The molecule has 0 amide bonds. The Kier molecular flexibility index (Phi) is 8.53. The maximum absolute atomic E-state index is 3.61. The first kappa shape index (κ1) is 21.7. The summed E-state index contributed by atoms with van der Waals surface area (Å²) in [6.07, 6.45) is 6.50. The largest absolute Gasteiger partial charge is 0.304 e. The number of aryl methyl sites for hydroxylation is 1. The summed E-state index contributed by atoms with van der Waals surface area (Å²) in [5.74, 6) is 0.550. The minimum Gasteiger partial charge on any atom is -0.304 e. The molecule has 2 aromatic rings. The van der Waals surface area contributed by atoms with Crippen LogP contribution >= 0.6 is 0 Å². The molecule has 2 rings (SSSR count). The molecule has 2 heteroatoms. The zero-order valence-electron chi connectivity index (χ0n) is 17.9. The smallest absolute Gasteiger partial charge is 0.0691 e. The molecule has 0 aromatic heterocycles. The Balaban J connectivity index is 2.12. The molecule has 0 aliphatic rings. The summed E-state index contributed by atoms with van der Waals surface area (Å²) in [5, 5.41) is 3.61. The molecular weight excluding hydrogens is 328 g/mol. The number of benzene rings is 2. The van der Waals surface area contributed by atoms with Crippen LogP contribution in [0, 0.1) is 5.92 Å². The molecule has 2 aromatic carbocycles. The van der Waals surface area contributed by atoms with Crippen LogP contribution in [-0.4, -0.2) is 32.2 Å². The highest BCUT2D eigenvalue weighted by Crippen LogP contribution is 2.41. The van der Waals surface area contributed by atoms with Gasteiger partial charge >= 0.3 is 0 Å². The standard InChI is InChI=1S/C25H38N2/c1-21(2)25(24(26-3)27(4)5,23-18-12-7-13-19-23)20-14-8-11-17-22-15-9-6-10-16-22/h6-7,9-10,12-13,15-16,18-19,21,24,26H,8,11,14,17,20H2,1-5H3. The molecule has 0 fully saturated rings. The van der Waals surface area contributed by atoms with Gasteiger partial charge in [-0.2, -0.15) is 0 Å². The first-order chi connectivity index (χ1) is 13.0. The maximum Gasteiger partial charge on any atom is 0.0691 e. The van der Waals surface area contributed by atoms with E-state index in [2.05, 4.69) is 106 Å². The van der Waals surface area contributed by atoms with Crippen LogP contribution in [0.4, 0.5) is 0 Å². The maximum atomic E-state index is 3.61. The third-order valence-corrected chi connectivity index (χ3v) is 6.02. The van der Waals surface area contributed by atoms with E-state index in [9.17, 15) is 0 Å². The zero-order chi connectivity index (χ0) is 19.7. The van der Waals surface area contributed by atoms with Crippen LogP contribution in [0.15, 0.2) is 60.7 Å². The van der Waals surface area contributed by atoms with Crippen molar-refractivity contribution in [3.8, 4) is 0 Å². The molecule has 0 saturated carbocycles. The van der Waals surface area contributed by atoms with Gasteiger partial charge in [0.25, 0.3) is 0 Å². The van der Waals surface area contributed by atoms with E-state index in [-0.39, 0.29) is 5.41 Å². The van der Waals surface area contributed by atoms with Crippen LogP contribution in [0.25, 0.3) is 0 Å². The van der Waals surface area contributed by atoms with E-state index >= 15 is 0 Å². The van der Waals surface area contributed by atoms with Gasteiger partial charge in [0.05, 0.1) is 6.17 Å². The predicted octanol–water partition coefficient (Wildman–Crippen LogP) is 5.49. The highest BCUT2D eigenvalue weighted by atomic mass is 15.2. The van der Waals surface area contributed by atoms with E-state index in [0.29, 0.717) is 12.1 Å². The lowest BCUT2D eigenvalue weighted by Crippen LogP contribution is -2.57. The Morgan fingerprint density at radius 1 is 0.852 bits per heavy atom. The van der Waals surface area contributed by atoms with Gasteiger partial charge in [-0.05, 0) is 57.5 Å². The highest BCUT2D eigenvalue weighted by Gasteiger charge is 2.43. The van der Waals surface area contributed by atoms with Crippen molar-refractivity contribution in [1.29, 1.82) is 0 Å². The molecule has 27 heavy (non-hydrogen) atoms. The van der Waals surface area contributed by atoms with E-state index in [1.807, 2.05) is 0 Å². The number of hydrogen-bond donors (Lipinski definition) is 1. The quantitative estimate of drug-likeness (QED) is 0.418. The average molecular weight is 367 g/mol. The molecule has 0 heterocycles. The summed E-state index contributed by atoms with van der Waals surface area (Å²) in [4.78, 5) is 2.34. The van der Waals surface area contributed by atoms with E-state index in [0.717, 1.165) is 0 Å². The van der Waals surface area contributed by atoms with Crippen LogP contribution in [-0.2, 0) is 11.8 Å². The summed E-state index contributed by atoms with van der Waals surface area (Å²) in [6.45, 7) is 4.76. The lowest BCUT2D eigenvalue weighted by Gasteiger charge is -2.47. The van der Waals surface area contributed by atoms with Crippen LogP contribution in [0.1, 0.15) is 50.7 Å². The van der Waals surface area contributed by atoms with Gasteiger partial charge in [0.15, 0.2) is 0 Å². The van der Waals surface area contributed by atoms with Gasteiger partial charge in [0.1, 0.15) is 0 Å². The topological polar surface area (TPSA) is 15.3 Å². The van der Waals surface area contributed by atoms with Crippen molar-refractivity contribution in [2.75, 3.05) is 21.1 Å². The molecule has 0 radical (unpaired) electrons. The average Bonchev–Trinajstić information content (AvgIpc) is 2.68. The van der Waals surface area contributed by atoms with Gasteiger partial charge in [0, 0.05) is 5.41 Å². The number of unbranched alkanes of at least 4 members (excludes halogenated alkanes) is 2. The molecule has 0 saturated heterocycles. The molecular formula is C25H38N2. The summed E-state index contributed by atoms with van der Waals surface area (Å²) in [7, 11) is 6.48. The number of rotatable bonds is 11. The third-order valence-electron chi connectivity index (χ3n) is 6.02. The monoisotopic (exact) mass is 366 g/mol. The number of nitrogens with zero attached hydrogens (tertiary/aromatic N) is 1. The molecule has 2 atom stereocenters. The van der Waals surface area contributed by atoms with Gasteiger partial charge in [-0.1, -0.05) is 87.4 Å². The number of nitrogens with one attached hydrogen (secondary N) is 1. The Morgan fingerprint density at radius 3 is 1.96 bits per heavy atom. The Morgan fingerprint density at radius 2 is 1.44 bits per heavy atom. The Labute approximate surface area is 167 Å². The van der Waals surface area contributed by atoms with Crippen molar-refractivity contribution < 1.29 is 0 Å². The van der Waals surface area contributed by atoms with Crippen LogP contribution in [0.5, 0.6) is 0 Å². The molecule has 0 aliphatic carbocycles. The van der Waals surface area contributed by atoms with Gasteiger partial charge in [-0.3, -0.25) is 4.90 Å². The van der Waals surface area contributed by atoms with Crippen LogP contribution in [0.2, 0.25) is 0 Å². The fraction of sp³-hybridized carbons (Fsp3) is 0.520. The second kappa shape index (κ2) is 10.6. The summed E-state index contributed by atoms with van der Waals surface area (Å²) >= 11 is 0. The lowest BCUT2D eigenvalue weighted by molar-refractivity contribution is 0.0934. The third kappa shape index (κ3) is 5.43. The normalized spacial score (nSPS) is 15.1. The van der Waals surface area contributed by atoms with Gasteiger partial charge in [-0.25, -0.2) is 0 Å². The molecule has 148 valence electrons. The van der Waals surface area contributed by atoms with Crippen molar-refractivity contribution in [2.45, 2.75) is 57.5 Å². The molecule has 2 unspecified atom stereocenters. The second-order valence-corrected chi connectivity index (χ2v) is 8.26. The SMILES string of the molecule is CNC(N(C)C)C(CCCCCc1ccccc1)(c1ccccc1)C(C)C. The van der Waals surface area contributed by atoms with Crippen molar-refractivity contribution in [1.82, 2.24) is 10.2 Å². The van der Waals surface area contributed by atoms with Crippen molar-refractivity contribution in [2.24, 2.45) is 5.92 Å². The fourth-order valence-corrected chi connectivity index (χ4v) is 4.67. The molecule has 0 spiro atoms. The minimum atomic E-state index is 0.103. The van der Waals surface area contributed by atoms with Crippen molar-refractivity contribution >= 4 is 0 Å². The number of hydrogen-bond acceptors (Lipinski definition) is 2. The first-order valence-corrected chi connectivity index (χ1v) is 10.5. The summed E-state index contributed by atoms with van der Waals surface area (Å²) in [5.41, 5.74) is 3.01. The molecule has 1 N–H and O–H groups in total. The van der Waals surface area contributed by atoms with E-state index in [1.54, 1.807) is 0 Å². The van der Waals surface area contributed by atoms with Crippen LogP contribution in [0.3, 0.4) is 0 Å². The molecule has 0 bridgehead atoms. The second-order valence-electron chi connectivity index (χ2n) is 8.26. The number of likely N-dealkylation sites (N-methyl/N-ethyl adjacent to an activating group) is 2. The summed E-state index contributed by atoms with van der Waals surface area (Å²) < 4.78 is 0. The zero-order valence-corrected chi connectivity index (χ0v) is 17.9. The van der Waals surface area contributed by atoms with Crippen LogP contribution < -0.4 is 5.32 Å². The fourth-order valence-electron chi connectivity index (χ4n) is 4.67. The first-order valence-electron chi connectivity index (χ1n) is 10.5. The Bertz CT molecular complexity index is 636. The van der Waals surface area contributed by atoms with Crippen molar-refractivity contribution in [3.05, 3.63) is 71.8 Å². The van der Waals surface area contributed by atoms with E-state index < -0.39 is 0 Å². The minimum absolute atomic E-state index is 0.103. The predicted molar refractivity (Wildman–Crippen MR) is 118 cm³/mol. The molecule has 0 aliphatic heterocycles. The van der Waals surface area contributed by atoms with Gasteiger partial charge in [-0.15, -0.1) is 0 Å². The lowest BCUT2D eigenvalue weighted by atomic mass is 9.65. The van der Waals surface area contributed by atoms with E-state index in [1.165, 1.54) is 43.2 Å². The Hall–Kier alpha value is -1.64. The van der Waals surface area contributed by atoms with Crippen molar-refractivity contribution in [3.63, 3.8) is 0 Å². The van der Waals surface area contributed by atoms with E-state index in [4.69, 9.17) is 0 Å². The van der Waals surface area contributed by atoms with Gasteiger partial charge in [0.2, 0.25) is 0 Å². The molecule has 2 nitrogen and oxygen atoms in total.